The van der Waals surface area contributed by atoms with Crippen molar-refractivity contribution in [2.24, 2.45) is 5.92 Å². The van der Waals surface area contributed by atoms with E-state index in [0.717, 1.165) is 19.3 Å². The van der Waals surface area contributed by atoms with Gasteiger partial charge in [0.05, 0.1) is 5.92 Å². The van der Waals surface area contributed by atoms with Gasteiger partial charge in [0.15, 0.2) is 0 Å². The molecule has 0 aliphatic carbocycles. The minimum atomic E-state index is -1.28. The van der Waals surface area contributed by atoms with Gasteiger partial charge < -0.3 is 10.2 Å². The van der Waals surface area contributed by atoms with Gasteiger partial charge in [0.1, 0.15) is 5.60 Å². The molecule has 2 atom stereocenters. The van der Waals surface area contributed by atoms with E-state index in [4.69, 9.17) is 0 Å². The molecule has 0 heterocycles. The Morgan fingerprint density at radius 1 is 1.20 bits per heavy atom. The van der Waals surface area contributed by atoms with E-state index in [1.807, 2.05) is 38.1 Å². The van der Waals surface area contributed by atoms with E-state index < -0.39 is 17.5 Å². The molecule has 0 spiro atoms. The Morgan fingerprint density at radius 2 is 1.80 bits per heavy atom. The third-order valence-corrected chi connectivity index (χ3v) is 4.12. The lowest BCUT2D eigenvalue weighted by molar-refractivity contribution is -0.154. The Hall–Kier alpha value is -1.35. The second kappa shape index (κ2) is 7.44. The second-order valence-corrected chi connectivity index (χ2v) is 5.36. The van der Waals surface area contributed by atoms with Crippen LogP contribution in [0.2, 0.25) is 0 Å². The zero-order valence-electron chi connectivity index (χ0n) is 12.7. The Balaban J connectivity index is 3.10. The summed E-state index contributed by atoms with van der Waals surface area (Å²) in [6, 6.07) is 7.66. The summed E-state index contributed by atoms with van der Waals surface area (Å²) in [6.45, 7) is 5.94. The van der Waals surface area contributed by atoms with Crippen molar-refractivity contribution >= 4 is 5.97 Å². The fourth-order valence-corrected chi connectivity index (χ4v) is 2.66. The van der Waals surface area contributed by atoms with Crippen molar-refractivity contribution in [3.63, 3.8) is 0 Å². The van der Waals surface area contributed by atoms with Crippen LogP contribution < -0.4 is 0 Å². The molecule has 1 rings (SSSR count). The summed E-state index contributed by atoms with van der Waals surface area (Å²) in [5, 5.41) is 20.4. The molecule has 0 radical (unpaired) electrons. The van der Waals surface area contributed by atoms with E-state index >= 15 is 0 Å². The number of rotatable bonds is 8. The molecule has 0 fully saturated rings. The van der Waals surface area contributed by atoms with Crippen molar-refractivity contribution in [3.05, 3.63) is 35.4 Å². The quantitative estimate of drug-likeness (QED) is 0.761. The van der Waals surface area contributed by atoms with E-state index in [2.05, 4.69) is 6.92 Å². The molecule has 1 aromatic carbocycles. The Morgan fingerprint density at radius 3 is 2.20 bits per heavy atom. The molecule has 0 aliphatic rings. The SMILES string of the molecule is CCCCC(C(=O)O)C(O)(CC)c1ccc(CC)cc1. The lowest BCUT2D eigenvalue weighted by Crippen LogP contribution is -2.39. The molecular formula is C17H26O3. The highest BCUT2D eigenvalue weighted by atomic mass is 16.4. The number of hydrogen-bond donors (Lipinski definition) is 2. The van der Waals surface area contributed by atoms with Crippen LogP contribution in [0.3, 0.4) is 0 Å². The monoisotopic (exact) mass is 278 g/mol. The van der Waals surface area contributed by atoms with Crippen molar-refractivity contribution in [2.75, 3.05) is 0 Å². The Kier molecular flexibility index (Phi) is 6.21. The minimum Gasteiger partial charge on any atom is -0.481 e. The topological polar surface area (TPSA) is 57.5 Å². The molecule has 2 unspecified atom stereocenters. The first kappa shape index (κ1) is 16.7. The van der Waals surface area contributed by atoms with Crippen LogP contribution in [-0.2, 0) is 16.8 Å². The van der Waals surface area contributed by atoms with E-state index in [0.29, 0.717) is 18.4 Å². The van der Waals surface area contributed by atoms with Gasteiger partial charge in [-0.1, -0.05) is 57.9 Å². The molecule has 0 aliphatic heterocycles. The number of carboxylic acid groups (broad SMARTS) is 1. The summed E-state index contributed by atoms with van der Waals surface area (Å²) in [4.78, 5) is 11.5. The Labute approximate surface area is 121 Å². The van der Waals surface area contributed by atoms with E-state index in [-0.39, 0.29) is 0 Å². The van der Waals surface area contributed by atoms with Gasteiger partial charge >= 0.3 is 5.97 Å². The van der Waals surface area contributed by atoms with Gasteiger partial charge in [-0.25, -0.2) is 0 Å². The highest BCUT2D eigenvalue weighted by Gasteiger charge is 2.41. The van der Waals surface area contributed by atoms with Crippen molar-refractivity contribution in [3.8, 4) is 0 Å². The molecule has 0 bridgehead atoms. The van der Waals surface area contributed by atoms with Crippen LogP contribution >= 0.6 is 0 Å². The van der Waals surface area contributed by atoms with Crippen LogP contribution in [-0.4, -0.2) is 16.2 Å². The maximum absolute atomic E-state index is 11.5. The zero-order chi connectivity index (χ0) is 15.2. The lowest BCUT2D eigenvalue weighted by Gasteiger charge is -2.33. The number of unbranched alkanes of at least 4 members (excludes halogenated alkanes) is 1. The average molecular weight is 278 g/mol. The summed E-state index contributed by atoms with van der Waals surface area (Å²) >= 11 is 0. The fourth-order valence-electron chi connectivity index (χ4n) is 2.66. The van der Waals surface area contributed by atoms with Crippen molar-refractivity contribution in [2.45, 2.75) is 58.5 Å². The zero-order valence-corrected chi connectivity index (χ0v) is 12.7. The van der Waals surface area contributed by atoms with E-state index in [1.165, 1.54) is 5.56 Å². The third-order valence-electron chi connectivity index (χ3n) is 4.12. The van der Waals surface area contributed by atoms with Crippen LogP contribution in [0.4, 0.5) is 0 Å². The molecule has 112 valence electrons. The molecule has 3 heteroatoms. The van der Waals surface area contributed by atoms with Gasteiger partial charge in [-0.15, -0.1) is 0 Å². The molecule has 3 nitrogen and oxygen atoms in total. The molecule has 20 heavy (non-hydrogen) atoms. The first-order valence-electron chi connectivity index (χ1n) is 7.54. The van der Waals surface area contributed by atoms with Crippen LogP contribution in [0.1, 0.15) is 57.6 Å². The first-order chi connectivity index (χ1) is 9.49. The standard InChI is InChI=1S/C17H26O3/c1-4-7-8-15(16(18)19)17(20,6-3)14-11-9-13(5-2)10-12-14/h9-12,15,20H,4-8H2,1-3H3,(H,18,19). The normalized spacial score (nSPS) is 15.6. The first-order valence-corrected chi connectivity index (χ1v) is 7.54. The van der Waals surface area contributed by atoms with Crippen LogP contribution in [0.5, 0.6) is 0 Å². The summed E-state index contributed by atoms with van der Waals surface area (Å²) in [6.07, 6.45) is 3.58. The molecular weight excluding hydrogens is 252 g/mol. The van der Waals surface area contributed by atoms with Gasteiger partial charge in [-0.3, -0.25) is 4.79 Å². The predicted molar refractivity (Wildman–Crippen MR) is 80.7 cm³/mol. The van der Waals surface area contributed by atoms with Crippen LogP contribution in [0, 0.1) is 5.92 Å². The van der Waals surface area contributed by atoms with Crippen molar-refractivity contribution < 1.29 is 15.0 Å². The van der Waals surface area contributed by atoms with Crippen molar-refractivity contribution in [1.29, 1.82) is 0 Å². The summed E-state index contributed by atoms with van der Waals surface area (Å²) in [7, 11) is 0. The Bertz CT molecular complexity index is 424. The molecule has 0 amide bonds. The number of hydrogen-bond acceptors (Lipinski definition) is 2. The number of aliphatic hydroxyl groups is 1. The largest absolute Gasteiger partial charge is 0.481 e. The summed E-state index contributed by atoms with van der Waals surface area (Å²) < 4.78 is 0. The van der Waals surface area contributed by atoms with Gasteiger partial charge in [0.25, 0.3) is 0 Å². The fraction of sp³-hybridized carbons (Fsp3) is 0.588. The number of carbonyl (C=O) groups is 1. The van der Waals surface area contributed by atoms with Crippen molar-refractivity contribution in [1.82, 2.24) is 0 Å². The molecule has 1 aromatic rings. The second-order valence-electron chi connectivity index (χ2n) is 5.36. The number of aliphatic carboxylic acids is 1. The highest BCUT2D eigenvalue weighted by Crippen LogP contribution is 2.36. The molecule has 2 N–H and O–H groups in total. The van der Waals surface area contributed by atoms with Gasteiger partial charge in [-0.05, 0) is 30.4 Å². The summed E-state index contributed by atoms with van der Waals surface area (Å²) in [5.74, 6) is -1.66. The predicted octanol–water partition coefficient (Wildman–Crippen LogP) is 3.74. The van der Waals surface area contributed by atoms with Crippen LogP contribution in [0.15, 0.2) is 24.3 Å². The number of aryl methyl sites for hydroxylation is 1. The highest BCUT2D eigenvalue weighted by molar-refractivity contribution is 5.72. The average Bonchev–Trinajstić information content (AvgIpc) is 2.47. The molecule has 0 aromatic heterocycles. The van der Waals surface area contributed by atoms with Crippen LogP contribution in [0.25, 0.3) is 0 Å². The van der Waals surface area contributed by atoms with Gasteiger partial charge in [0.2, 0.25) is 0 Å². The van der Waals surface area contributed by atoms with E-state index in [9.17, 15) is 15.0 Å². The smallest absolute Gasteiger partial charge is 0.309 e. The van der Waals surface area contributed by atoms with E-state index in [1.54, 1.807) is 0 Å². The van der Waals surface area contributed by atoms with Gasteiger partial charge in [0, 0.05) is 0 Å². The lowest BCUT2D eigenvalue weighted by atomic mass is 9.76. The molecule has 0 saturated carbocycles. The molecule has 0 saturated heterocycles. The van der Waals surface area contributed by atoms with Gasteiger partial charge in [-0.2, -0.15) is 0 Å². The number of carboxylic acids is 1. The number of benzene rings is 1. The maximum atomic E-state index is 11.5. The summed E-state index contributed by atoms with van der Waals surface area (Å²) in [5.41, 5.74) is 0.612. The third kappa shape index (κ3) is 3.60. The minimum absolute atomic E-state index is 0.402. The maximum Gasteiger partial charge on any atom is 0.309 e.